The third-order valence-electron chi connectivity index (χ3n) is 5.47. The van der Waals surface area contributed by atoms with Crippen molar-refractivity contribution in [3.8, 4) is 11.4 Å². The van der Waals surface area contributed by atoms with Gasteiger partial charge in [-0.25, -0.2) is 14.5 Å². The summed E-state index contributed by atoms with van der Waals surface area (Å²) in [6, 6.07) is 9.99. The largest absolute Gasteiger partial charge is 0.306 e. The SMILES string of the molecule is CN1CCC(c2nc(-c3ccc(C(C)(C)C)cc3)nc3cc(=O)[nH]n23)CC1. The van der Waals surface area contributed by atoms with Crippen LogP contribution in [0.3, 0.4) is 0 Å². The fraction of sp³-hybridized carbons (Fsp3) is 0.476. The molecule has 142 valence electrons. The summed E-state index contributed by atoms with van der Waals surface area (Å²) >= 11 is 0. The van der Waals surface area contributed by atoms with Crippen LogP contribution in [0, 0.1) is 0 Å². The highest BCUT2D eigenvalue weighted by molar-refractivity contribution is 5.58. The zero-order valence-electron chi connectivity index (χ0n) is 16.5. The second kappa shape index (κ2) is 6.60. The molecule has 1 fully saturated rings. The van der Waals surface area contributed by atoms with Crippen molar-refractivity contribution in [1.82, 2.24) is 24.5 Å². The number of likely N-dealkylation sites (tertiary alicyclic amines) is 1. The second-order valence-electron chi connectivity index (χ2n) is 8.62. The van der Waals surface area contributed by atoms with E-state index in [0.717, 1.165) is 37.3 Å². The Hall–Kier alpha value is -2.47. The first-order valence-corrected chi connectivity index (χ1v) is 9.60. The van der Waals surface area contributed by atoms with Gasteiger partial charge in [0.15, 0.2) is 11.5 Å². The number of aromatic nitrogens is 4. The number of nitrogens with one attached hydrogen (secondary N) is 1. The van der Waals surface area contributed by atoms with E-state index in [-0.39, 0.29) is 11.0 Å². The van der Waals surface area contributed by atoms with Gasteiger partial charge in [0, 0.05) is 17.5 Å². The molecule has 6 nitrogen and oxygen atoms in total. The number of rotatable bonds is 2. The third kappa shape index (κ3) is 3.54. The first-order valence-electron chi connectivity index (χ1n) is 9.60. The molecule has 0 radical (unpaired) electrons. The maximum Gasteiger partial charge on any atom is 0.266 e. The molecule has 0 bridgehead atoms. The summed E-state index contributed by atoms with van der Waals surface area (Å²) < 4.78 is 1.77. The van der Waals surface area contributed by atoms with Crippen molar-refractivity contribution in [2.45, 2.75) is 44.9 Å². The minimum absolute atomic E-state index is 0.108. The molecular formula is C21H27N5O. The Morgan fingerprint density at radius 3 is 2.37 bits per heavy atom. The molecule has 3 heterocycles. The van der Waals surface area contributed by atoms with Gasteiger partial charge in [-0.3, -0.25) is 9.89 Å². The summed E-state index contributed by atoms with van der Waals surface area (Å²) in [4.78, 5) is 23.8. The van der Waals surface area contributed by atoms with Crippen LogP contribution < -0.4 is 5.56 Å². The summed E-state index contributed by atoms with van der Waals surface area (Å²) in [6.45, 7) is 8.69. The molecule has 3 aromatic rings. The van der Waals surface area contributed by atoms with Crippen LogP contribution in [-0.4, -0.2) is 44.6 Å². The monoisotopic (exact) mass is 365 g/mol. The summed E-state index contributed by atoms with van der Waals surface area (Å²) in [6.07, 6.45) is 2.07. The van der Waals surface area contributed by atoms with E-state index in [2.05, 4.69) is 67.1 Å². The van der Waals surface area contributed by atoms with Gasteiger partial charge in [0.05, 0.1) is 0 Å². The van der Waals surface area contributed by atoms with E-state index in [0.29, 0.717) is 17.4 Å². The topological polar surface area (TPSA) is 66.3 Å². The van der Waals surface area contributed by atoms with Crippen molar-refractivity contribution in [1.29, 1.82) is 0 Å². The Balaban J connectivity index is 1.78. The van der Waals surface area contributed by atoms with Crippen LogP contribution >= 0.6 is 0 Å². The van der Waals surface area contributed by atoms with E-state index < -0.39 is 0 Å². The molecule has 0 saturated carbocycles. The minimum Gasteiger partial charge on any atom is -0.306 e. The van der Waals surface area contributed by atoms with E-state index in [4.69, 9.17) is 4.98 Å². The first kappa shape index (κ1) is 17.9. The summed E-state index contributed by atoms with van der Waals surface area (Å²) in [5, 5.41) is 2.87. The molecule has 0 spiro atoms. The summed E-state index contributed by atoms with van der Waals surface area (Å²) in [5.41, 5.74) is 2.86. The Morgan fingerprint density at radius 1 is 1.07 bits per heavy atom. The number of hydrogen-bond acceptors (Lipinski definition) is 4. The average molecular weight is 365 g/mol. The fourth-order valence-electron chi connectivity index (χ4n) is 3.72. The molecule has 0 atom stereocenters. The zero-order valence-corrected chi connectivity index (χ0v) is 16.5. The van der Waals surface area contributed by atoms with Crippen LogP contribution in [0.15, 0.2) is 35.1 Å². The van der Waals surface area contributed by atoms with Gasteiger partial charge in [0.1, 0.15) is 5.82 Å². The quantitative estimate of drug-likeness (QED) is 0.757. The van der Waals surface area contributed by atoms with Gasteiger partial charge >= 0.3 is 0 Å². The smallest absolute Gasteiger partial charge is 0.266 e. The average Bonchev–Trinajstić information content (AvgIpc) is 3.01. The van der Waals surface area contributed by atoms with E-state index >= 15 is 0 Å². The van der Waals surface area contributed by atoms with Crippen molar-refractivity contribution >= 4 is 5.65 Å². The number of nitrogens with zero attached hydrogens (tertiary/aromatic N) is 4. The maximum atomic E-state index is 11.9. The van der Waals surface area contributed by atoms with E-state index in [9.17, 15) is 4.79 Å². The number of H-pyrrole nitrogens is 1. The van der Waals surface area contributed by atoms with Gasteiger partial charge < -0.3 is 4.90 Å². The van der Waals surface area contributed by atoms with Gasteiger partial charge in [0.25, 0.3) is 5.56 Å². The van der Waals surface area contributed by atoms with Gasteiger partial charge in [-0.2, -0.15) is 0 Å². The summed E-state index contributed by atoms with van der Waals surface area (Å²) in [5.74, 6) is 1.91. The zero-order chi connectivity index (χ0) is 19.2. The third-order valence-corrected chi connectivity index (χ3v) is 5.47. The molecule has 6 heteroatoms. The van der Waals surface area contributed by atoms with E-state index in [1.807, 2.05) is 0 Å². The van der Waals surface area contributed by atoms with Crippen molar-refractivity contribution < 1.29 is 0 Å². The van der Waals surface area contributed by atoms with Gasteiger partial charge in [-0.1, -0.05) is 45.0 Å². The van der Waals surface area contributed by atoms with E-state index in [1.165, 1.54) is 5.56 Å². The summed E-state index contributed by atoms with van der Waals surface area (Å²) in [7, 11) is 2.14. The van der Waals surface area contributed by atoms with Crippen molar-refractivity contribution in [2.24, 2.45) is 0 Å². The highest BCUT2D eigenvalue weighted by Crippen LogP contribution is 2.29. The lowest BCUT2D eigenvalue weighted by Crippen LogP contribution is -2.30. The minimum atomic E-state index is -0.140. The first-order chi connectivity index (χ1) is 12.8. The number of hydrogen-bond donors (Lipinski definition) is 1. The number of benzene rings is 1. The Kier molecular flexibility index (Phi) is 4.38. The molecule has 1 saturated heterocycles. The van der Waals surface area contributed by atoms with E-state index in [1.54, 1.807) is 10.6 Å². The van der Waals surface area contributed by atoms with Gasteiger partial charge in [0.2, 0.25) is 0 Å². The normalized spacial score (nSPS) is 16.9. The highest BCUT2D eigenvalue weighted by Gasteiger charge is 2.24. The lowest BCUT2D eigenvalue weighted by Gasteiger charge is -2.28. The molecular weight excluding hydrogens is 338 g/mol. The van der Waals surface area contributed by atoms with Crippen molar-refractivity contribution in [2.75, 3.05) is 20.1 Å². The molecule has 1 aliphatic heterocycles. The second-order valence-corrected chi connectivity index (χ2v) is 8.62. The lowest BCUT2D eigenvalue weighted by atomic mass is 9.86. The Morgan fingerprint density at radius 2 is 1.74 bits per heavy atom. The number of fused-ring (bicyclic) bond motifs is 1. The molecule has 1 aromatic carbocycles. The predicted octanol–water partition coefficient (Wildman–Crippen LogP) is 3.19. The standard InChI is InChI=1S/C21H27N5O/c1-21(2,3)16-7-5-14(6-8-16)19-22-17-13-18(27)24-26(17)20(23-19)15-9-11-25(4)12-10-15/h5-8,13,15H,9-12H2,1-4H3,(H,24,27). The molecule has 0 aliphatic carbocycles. The maximum absolute atomic E-state index is 11.9. The molecule has 0 unspecified atom stereocenters. The predicted molar refractivity (Wildman–Crippen MR) is 107 cm³/mol. The van der Waals surface area contributed by atoms with Crippen LogP contribution in [0.25, 0.3) is 17.0 Å². The molecule has 0 amide bonds. The van der Waals surface area contributed by atoms with Gasteiger partial charge in [-0.05, 0) is 44.0 Å². The fourth-order valence-corrected chi connectivity index (χ4v) is 3.72. The molecule has 27 heavy (non-hydrogen) atoms. The number of piperidine rings is 1. The van der Waals surface area contributed by atoms with Crippen LogP contribution in [0.1, 0.15) is 50.9 Å². The Labute approximate surface area is 159 Å². The van der Waals surface area contributed by atoms with Crippen molar-refractivity contribution in [3.63, 3.8) is 0 Å². The Bertz CT molecular complexity index is 1000. The molecule has 1 N–H and O–H groups in total. The lowest BCUT2D eigenvalue weighted by molar-refractivity contribution is 0.249. The molecule has 2 aromatic heterocycles. The molecule has 4 rings (SSSR count). The van der Waals surface area contributed by atoms with Crippen LogP contribution in [0.4, 0.5) is 0 Å². The van der Waals surface area contributed by atoms with Crippen LogP contribution in [-0.2, 0) is 5.41 Å². The van der Waals surface area contributed by atoms with Gasteiger partial charge in [-0.15, -0.1) is 0 Å². The van der Waals surface area contributed by atoms with Crippen LogP contribution in [0.5, 0.6) is 0 Å². The van der Waals surface area contributed by atoms with Crippen LogP contribution in [0.2, 0.25) is 0 Å². The highest BCUT2D eigenvalue weighted by atomic mass is 16.1. The number of aromatic amines is 1. The molecule has 1 aliphatic rings. The van der Waals surface area contributed by atoms with Crippen molar-refractivity contribution in [3.05, 3.63) is 52.1 Å².